The summed E-state index contributed by atoms with van der Waals surface area (Å²) in [6, 6.07) is 6.07. The molecule has 1 saturated heterocycles. The van der Waals surface area contributed by atoms with Crippen molar-refractivity contribution in [3.05, 3.63) is 35.6 Å². The van der Waals surface area contributed by atoms with E-state index < -0.39 is 12.0 Å². The highest BCUT2D eigenvalue weighted by atomic mass is 19.1. The zero-order valence-electron chi connectivity index (χ0n) is 12.9. The van der Waals surface area contributed by atoms with Crippen LogP contribution in [0.3, 0.4) is 0 Å². The first-order chi connectivity index (χ1) is 10.4. The number of aliphatic hydroxyl groups is 1. The first-order valence-corrected chi connectivity index (χ1v) is 7.30. The monoisotopic (exact) mass is 308 g/mol. The lowest BCUT2D eigenvalue weighted by molar-refractivity contribution is -0.143. The van der Waals surface area contributed by atoms with Crippen molar-refractivity contribution in [2.75, 3.05) is 32.8 Å². The molecule has 0 unspecified atom stereocenters. The van der Waals surface area contributed by atoms with Crippen molar-refractivity contribution in [2.24, 2.45) is 0 Å². The van der Waals surface area contributed by atoms with Crippen LogP contribution in [0.2, 0.25) is 0 Å². The van der Waals surface area contributed by atoms with E-state index in [1.54, 1.807) is 35.8 Å². The number of amides is 2. The Kier molecular flexibility index (Phi) is 4.81. The van der Waals surface area contributed by atoms with Crippen LogP contribution in [0.25, 0.3) is 0 Å². The summed E-state index contributed by atoms with van der Waals surface area (Å²) in [5.41, 5.74) is -0.197. The smallest absolute Gasteiger partial charge is 0.248 e. The van der Waals surface area contributed by atoms with Crippen molar-refractivity contribution in [3.63, 3.8) is 0 Å². The molecule has 1 N–H and O–H groups in total. The van der Waals surface area contributed by atoms with Gasteiger partial charge in [0, 0.05) is 26.2 Å². The van der Waals surface area contributed by atoms with E-state index in [9.17, 15) is 14.0 Å². The first kappa shape index (κ1) is 16.4. The van der Waals surface area contributed by atoms with Crippen LogP contribution in [-0.4, -0.2) is 59.5 Å². The molecular weight excluding hydrogens is 287 g/mol. The van der Waals surface area contributed by atoms with Crippen molar-refractivity contribution in [3.8, 4) is 0 Å². The van der Waals surface area contributed by atoms with Gasteiger partial charge in [0.05, 0.1) is 5.41 Å². The number of nitrogens with zero attached hydrogens (tertiary/aromatic N) is 2. The minimum Gasteiger partial charge on any atom is -0.387 e. The average molecular weight is 308 g/mol. The summed E-state index contributed by atoms with van der Waals surface area (Å²) in [5, 5.41) is 8.86. The Morgan fingerprint density at radius 1 is 1.18 bits per heavy atom. The van der Waals surface area contributed by atoms with Gasteiger partial charge < -0.3 is 14.9 Å². The van der Waals surface area contributed by atoms with Crippen LogP contribution in [0.5, 0.6) is 0 Å². The fourth-order valence-corrected chi connectivity index (χ4v) is 2.65. The highest BCUT2D eigenvalue weighted by Gasteiger charge is 2.35. The molecule has 1 aliphatic rings. The predicted octanol–water partition coefficient (Wildman–Crippen LogP) is 0.766. The Morgan fingerprint density at radius 3 is 2.32 bits per heavy atom. The topological polar surface area (TPSA) is 60.9 Å². The largest absolute Gasteiger partial charge is 0.387 e. The molecule has 1 heterocycles. The van der Waals surface area contributed by atoms with E-state index >= 15 is 0 Å². The third kappa shape index (κ3) is 3.27. The molecular formula is C16H21FN2O3. The molecule has 2 rings (SSSR count). The van der Waals surface area contributed by atoms with Crippen molar-refractivity contribution < 1.29 is 19.1 Å². The maximum absolute atomic E-state index is 13.4. The van der Waals surface area contributed by atoms with Crippen molar-refractivity contribution >= 4 is 11.8 Å². The lowest BCUT2D eigenvalue weighted by Crippen LogP contribution is -2.54. The molecule has 120 valence electrons. The van der Waals surface area contributed by atoms with E-state index in [4.69, 9.17) is 5.11 Å². The molecule has 0 aliphatic carbocycles. The minimum absolute atomic E-state index is 0.0887. The van der Waals surface area contributed by atoms with E-state index in [-0.39, 0.29) is 17.6 Å². The molecule has 0 bridgehead atoms. The molecule has 0 aromatic heterocycles. The molecule has 1 aliphatic heterocycles. The third-order valence-corrected chi connectivity index (χ3v) is 4.14. The molecule has 1 fully saturated rings. The van der Waals surface area contributed by atoms with E-state index in [0.717, 1.165) is 0 Å². The molecule has 1 aromatic carbocycles. The van der Waals surface area contributed by atoms with Gasteiger partial charge in [-0.15, -0.1) is 0 Å². The van der Waals surface area contributed by atoms with Crippen LogP contribution in [0.15, 0.2) is 24.3 Å². The van der Waals surface area contributed by atoms with Crippen LogP contribution >= 0.6 is 0 Å². The van der Waals surface area contributed by atoms with Crippen LogP contribution in [0.4, 0.5) is 4.39 Å². The van der Waals surface area contributed by atoms with Gasteiger partial charge in [0.1, 0.15) is 12.4 Å². The molecule has 0 saturated carbocycles. The number of benzene rings is 1. The third-order valence-electron chi connectivity index (χ3n) is 4.14. The number of hydrogen-bond acceptors (Lipinski definition) is 3. The highest BCUT2D eigenvalue weighted by Crippen LogP contribution is 2.26. The normalized spacial score (nSPS) is 15.8. The summed E-state index contributed by atoms with van der Waals surface area (Å²) in [7, 11) is 0. The molecule has 0 radical (unpaired) electrons. The van der Waals surface area contributed by atoms with E-state index in [1.807, 2.05) is 0 Å². The summed E-state index contributed by atoms with van der Waals surface area (Å²) >= 11 is 0. The second-order valence-electron chi connectivity index (χ2n) is 5.97. The molecule has 1 aromatic rings. The van der Waals surface area contributed by atoms with Gasteiger partial charge in [0.25, 0.3) is 0 Å². The van der Waals surface area contributed by atoms with Crippen molar-refractivity contribution in [1.29, 1.82) is 0 Å². The van der Waals surface area contributed by atoms with Gasteiger partial charge in [-0.05, 0) is 31.5 Å². The molecule has 0 spiro atoms. The number of halogens is 1. The van der Waals surface area contributed by atoms with Crippen LogP contribution in [0, 0.1) is 5.82 Å². The first-order valence-electron chi connectivity index (χ1n) is 7.30. The highest BCUT2D eigenvalue weighted by molar-refractivity contribution is 5.87. The van der Waals surface area contributed by atoms with Crippen LogP contribution in [0.1, 0.15) is 19.4 Å². The van der Waals surface area contributed by atoms with E-state index in [1.165, 1.54) is 12.1 Å². The molecule has 5 nitrogen and oxygen atoms in total. The lowest BCUT2D eigenvalue weighted by Gasteiger charge is -2.38. The van der Waals surface area contributed by atoms with Crippen molar-refractivity contribution in [2.45, 2.75) is 19.3 Å². The summed E-state index contributed by atoms with van der Waals surface area (Å²) in [6.07, 6.45) is 0. The minimum atomic E-state index is -0.828. The Hall–Kier alpha value is -1.95. The standard InChI is InChI=1S/C16H21FN2O3/c1-16(2,12-4-3-5-13(17)10-12)15(22)19-8-6-18(7-9-19)14(21)11-20/h3-5,10,20H,6-9,11H2,1-2H3. The van der Waals surface area contributed by atoms with Gasteiger partial charge in [0.15, 0.2) is 0 Å². The quantitative estimate of drug-likeness (QED) is 0.897. The number of carbonyl (C=O) groups excluding carboxylic acids is 2. The fraction of sp³-hybridized carbons (Fsp3) is 0.500. The number of piperazine rings is 1. The zero-order chi connectivity index (χ0) is 16.3. The van der Waals surface area contributed by atoms with E-state index in [0.29, 0.717) is 31.7 Å². The summed E-state index contributed by atoms with van der Waals surface area (Å²) in [5.74, 6) is -0.776. The fourth-order valence-electron chi connectivity index (χ4n) is 2.65. The molecule has 22 heavy (non-hydrogen) atoms. The number of rotatable bonds is 3. The van der Waals surface area contributed by atoms with Gasteiger partial charge >= 0.3 is 0 Å². The molecule has 2 amide bonds. The number of carbonyl (C=O) groups is 2. The Labute approximate surface area is 129 Å². The Balaban J connectivity index is 2.07. The van der Waals surface area contributed by atoms with Crippen LogP contribution in [-0.2, 0) is 15.0 Å². The second kappa shape index (κ2) is 6.44. The van der Waals surface area contributed by atoms with Gasteiger partial charge in [0.2, 0.25) is 11.8 Å². The van der Waals surface area contributed by atoms with Crippen LogP contribution < -0.4 is 0 Å². The lowest BCUT2D eigenvalue weighted by atomic mass is 9.83. The van der Waals surface area contributed by atoms with Gasteiger partial charge in [-0.3, -0.25) is 9.59 Å². The second-order valence-corrected chi connectivity index (χ2v) is 5.97. The number of hydrogen-bond donors (Lipinski definition) is 1. The summed E-state index contributed by atoms with van der Waals surface area (Å²) in [6.45, 7) is 4.69. The number of aliphatic hydroxyl groups excluding tert-OH is 1. The van der Waals surface area contributed by atoms with Gasteiger partial charge in [-0.2, -0.15) is 0 Å². The Bertz CT molecular complexity index is 566. The zero-order valence-corrected chi connectivity index (χ0v) is 12.9. The maximum atomic E-state index is 13.4. The SMILES string of the molecule is CC(C)(C(=O)N1CCN(C(=O)CO)CC1)c1cccc(F)c1. The van der Waals surface area contributed by atoms with Gasteiger partial charge in [-0.1, -0.05) is 12.1 Å². The maximum Gasteiger partial charge on any atom is 0.248 e. The van der Waals surface area contributed by atoms with Crippen molar-refractivity contribution in [1.82, 2.24) is 9.80 Å². The molecule has 6 heteroatoms. The summed E-state index contributed by atoms with van der Waals surface area (Å²) < 4.78 is 13.4. The predicted molar refractivity (Wildman–Crippen MR) is 79.7 cm³/mol. The Morgan fingerprint density at radius 2 is 1.77 bits per heavy atom. The van der Waals surface area contributed by atoms with Gasteiger partial charge in [-0.25, -0.2) is 4.39 Å². The van der Waals surface area contributed by atoms with E-state index in [2.05, 4.69) is 0 Å². The summed E-state index contributed by atoms with van der Waals surface area (Å²) in [4.78, 5) is 27.4. The molecule has 0 atom stereocenters. The average Bonchev–Trinajstić information content (AvgIpc) is 2.53.